The quantitative estimate of drug-likeness (QED) is 0.809. The normalized spacial score (nSPS) is 15.1. The van der Waals surface area contributed by atoms with Crippen molar-refractivity contribution in [3.63, 3.8) is 0 Å². The van der Waals surface area contributed by atoms with Crippen molar-refractivity contribution in [3.8, 4) is 0 Å². The van der Waals surface area contributed by atoms with Gasteiger partial charge < -0.3 is 5.73 Å². The molecule has 1 aromatic heterocycles. The molecule has 2 heteroatoms. The van der Waals surface area contributed by atoms with Crippen molar-refractivity contribution in [3.05, 3.63) is 42.1 Å². The topological polar surface area (TPSA) is 38.9 Å². The summed E-state index contributed by atoms with van der Waals surface area (Å²) in [6.07, 6.45) is 1.82. The number of nitrogens with zero attached hydrogens (tertiary/aromatic N) is 1. The predicted octanol–water partition coefficient (Wildman–Crippen LogP) is 2.69. The maximum atomic E-state index is 5.94. The van der Waals surface area contributed by atoms with E-state index in [1.807, 2.05) is 31.3 Å². The van der Waals surface area contributed by atoms with E-state index < -0.39 is 0 Å². The van der Waals surface area contributed by atoms with Crippen LogP contribution < -0.4 is 5.73 Å². The molecule has 2 nitrogen and oxygen atoms in total. The lowest BCUT2D eigenvalue weighted by atomic mass is 9.92. The van der Waals surface area contributed by atoms with Crippen LogP contribution in [-0.2, 0) is 0 Å². The van der Waals surface area contributed by atoms with Gasteiger partial charge in [-0.05, 0) is 30.5 Å². The molecule has 2 rings (SSSR count). The zero-order chi connectivity index (χ0) is 10.8. The van der Waals surface area contributed by atoms with Crippen LogP contribution in [0.25, 0.3) is 10.9 Å². The summed E-state index contributed by atoms with van der Waals surface area (Å²) in [6, 6.07) is 10.5. The van der Waals surface area contributed by atoms with E-state index >= 15 is 0 Å². The Balaban J connectivity index is 2.60. The molecule has 2 aromatic rings. The van der Waals surface area contributed by atoms with E-state index in [9.17, 15) is 0 Å². The Morgan fingerprint density at radius 3 is 2.67 bits per heavy atom. The van der Waals surface area contributed by atoms with Gasteiger partial charge in [0.2, 0.25) is 0 Å². The lowest BCUT2D eigenvalue weighted by Crippen LogP contribution is -2.22. The molecule has 0 bridgehead atoms. The molecule has 0 saturated carbocycles. The average Bonchev–Trinajstić information content (AvgIpc) is 2.27. The first-order chi connectivity index (χ1) is 7.20. The van der Waals surface area contributed by atoms with Gasteiger partial charge in [-0.2, -0.15) is 0 Å². The Bertz CT molecular complexity index is 458. The van der Waals surface area contributed by atoms with Gasteiger partial charge in [-0.3, -0.25) is 4.98 Å². The van der Waals surface area contributed by atoms with Crippen molar-refractivity contribution in [2.75, 3.05) is 0 Å². The number of nitrogens with two attached hydrogens (primary N) is 1. The van der Waals surface area contributed by atoms with Crippen LogP contribution in [0.15, 0.2) is 36.5 Å². The van der Waals surface area contributed by atoms with E-state index in [0.717, 1.165) is 5.52 Å². The number of benzene rings is 1. The predicted molar refractivity (Wildman–Crippen MR) is 63.8 cm³/mol. The van der Waals surface area contributed by atoms with E-state index in [1.54, 1.807) is 0 Å². The second-order valence-electron chi connectivity index (χ2n) is 4.07. The smallest absolute Gasteiger partial charge is 0.0704 e. The van der Waals surface area contributed by atoms with Gasteiger partial charge in [-0.15, -0.1) is 0 Å². The molecule has 2 unspecified atom stereocenters. The highest BCUT2D eigenvalue weighted by atomic mass is 14.7. The molecular formula is C13H16N2. The van der Waals surface area contributed by atoms with Crippen LogP contribution in [0.3, 0.4) is 0 Å². The Kier molecular flexibility index (Phi) is 2.69. The van der Waals surface area contributed by atoms with Gasteiger partial charge in [0.1, 0.15) is 0 Å². The van der Waals surface area contributed by atoms with Crippen LogP contribution in [0.1, 0.15) is 25.3 Å². The summed E-state index contributed by atoms with van der Waals surface area (Å²) in [5.74, 6) is 0.359. The van der Waals surface area contributed by atoms with E-state index in [4.69, 9.17) is 5.73 Å². The van der Waals surface area contributed by atoms with E-state index in [0.29, 0.717) is 5.92 Å². The van der Waals surface area contributed by atoms with Crippen LogP contribution in [0.2, 0.25) is 0 Å². The van der Waals surface area contributed by atoms with Crippen molar-refractivity contribution < 1.29 is 0 Å². The zero-order valence-electron chi connectivity index (χ0n) is 9.14. The van der Waals surface area contributed by atoms with Crippen molar-refractivity contribution >= 4 is 10.9 Å². The minimum Gasteiger partial charge on any atom is -0.327 e. The second-order valence-corrected chi connectivity index (χ2v) is 4.07. The molecule has 78 valence electrons. The third-order valence-corrected chi connectivity index (χ3v) is 2.96. The molecule has 0 aliphatic heterocycles. The highest BCUT2D eigenvalue weighted by molar-refractivity contribution is 5.82. The average molecular weight is 200 g/mol. The van der Waals surface area contributed by atoms with Crippen molar-refractivity contribution in [1.29, 1.82) is 0 Å². The summed E-state index contributed by atoms with van der Waals surface area (Å²) in [5, 5.41) is 1.21. The minimum absolute atomic E-state index is 0.163. The number of hydrogen-bond donors (Lipinski definition) is 1. The highest BCUT2D eigenvalue weighted by Crippen LogP contribution is 2.25. The standard InChI is InChI=1S/C13H16N2/c1-9(10(2)14)11-5-3-7-13-12(11)6-4-8-15-13/h3-10H,14H2,1-2H3. The first kappa shape index (κ1) is 10.1. The molecule has 1 aromatic carbocycles. The van der Waals surface area contributed by atoms with E-state index in [-0.39, 0.29) is 6.04 Å². The number of rotatable bonds is 2. The molecule has 0 saturated heterocycles. The van der Waals surface area contributed by atoms with Gasteiger partial charge in [-0.1, -0.05) is 25.1 Å². The molecular weight excluding hydrogens is 184 g/mol. The van der Waals surface area contributed by atoms with Gasteiger partial charge in [0.25, 0.3) is 0 Å². The Labute approximate surface area is 90.1 Å². The fourth-order valence-electron chi connectivity index (χ4n) is 1.81. The lowest BCUT2D eigenvalue weighted by molar-refractivity contribution is 0.617. The first-order valence-electron chi connectivity index (χ1n) is 5.29. The Morgan fingerprint density at radius 1 is 1.13 bits per heavy atom. The summed E-state index contributed by atoms with van der Waals surface area (Å²) < 4.78 is 0. The van der Waals surface area contributed by atoms with Crippen LogP contribution in [0.4, 0.5) is 0 Å². The SMILES string of the molecule is CC(N)C(C)c1cccc2ncccc12. The highest BCUT2D eigenvalue weighted by Gasteiger charge is 2.12. The van der Waals surface area contributed by atoms with E-state index in [2.05, 4.69) is 24.0 Å². The first-order valence-corrected chi connectivity index (χ1v) is 5.29. The van der Waals surface area contributed by atoms with Gasteiger partial charge in [0.15, 0.2) is 0 Å². The third-order valence-electron chi connectivity index (χ3n) is 2.96. The summed E-state index contributed by atoms with van der Waals surface area (Å²) in [6.45, 7) is 4.20. The number of pyridine rings is 1. The molecule has 0 spiro atoms. The van der Waals surface area contributed by atoms with E-state index in [1.165, 1.54) is 10.9 Å². The summed E-state index contributed by atoms with van der Waals surface area (Å²) in [7, 11) is 0. The summed E-state index contributed by atoms with van der Waals surface area (Å²) in [5.41, 5.74) is 8.27. The second kappa shape index (κ2) is 3.99. The maximum Gasteiger partial charge on any atom is 0.0704 e. The molecule has 0 aliphatic carbocycles. The number of fused-ring (bicyclic) bond motifs is 1. The van der Waals surface area contributed by atoms with Gasteiger partial charge >= 0.3 is 0 Å². The maximum absolute atomic E-state index is 5.94. The van der Waals surface area contributed by atoms with Crippen molar-refractivity contribution in [1.82, 2.24) is 4.98 Å². The Hall–Kier alpha value is -1.41. The largest absolute Gasteiger partial charge is 0.327 e. The fourth-order valence-corrected chi connectivity index (χ4v) is 1.81. The number of aromatic nitrogens is 1. The lowest BCUT2D eigenvalue weighted by Gasteiger charge is -2.17. The Morgan fingerprint density at radius 2 is 1.93 bits per heavy atom. The zero-order valence-corrected chi connectivity index (χ0v) is 9.14. The van der Waals surface area contributed by atoms with Gasteiger partial charge in [0, 0.05) is 17.6 Å². The summed E-state index contributed by atoms with van der Waals surface area (Å²) >= 11 is 0. The molecule has 0 radical (unpaired) electrons. The monoisotopic (exact) mass is 200 g/mol. The molecule has 2 atom stereocenters. The molecule has 2 N–H and O–H groups in total. The molecule has 15 heavy (non-hydrogen) atoms. The minimum atomic E-state index is 0.163. The van der Waals surface area contributed by atoms with Crippen LogP contribution in [0, 0.1) is 0 Å². The molecule has 0 aliphatic rings. The molecule has 0 amide bonds. The van der Waals surface area contributed by atoms with Crippen molar-refractivity contribution in [2.24, 2.45) is 5.73 Å². The van der Waals surface area contributed by atoms with Gasteiger partial charge in [-0.25, -0.2) is 0 Å². The van der Waals surface area contributed by atoms with Crippen LogP contribution in [-0.4, -0.2) is 11.0 Å². The summed E-state index contributed by atoms with van der Waals surface area (Å²) in [4.78, 5) is 4.34. The van der Waals surface area contributed by atoms with Crippen molar-refractivity contribution in [2.45, 2.75) is 25.8 Å². The van der Waals surface area contributed by atoms with Crippen LogP contribution in [0.5, 0.6) is 0 Å². The molecule has 0 fully saturated rings. The van der Waals surface area contributed by atoms with Gasteiger partial charge in [0.05, 0.1) is 5.52 Å². The number of hydrogen-bond acceptors (Lipinski definition) is 2. The fraction of sp³-hybridized carbons (Fsp3) is 0.308. The third kappa shape index (κ3) is 1.85. The molecule has 1 heterocycles. The van der Waals surface area contributed by atoms with Crippen LogP contribution >= 0.6 is 0 Å².